The molecule has 84 valence electrons. The summed E-state index contributed by atoms with van der Waals surface area (Å²) in [5.41, 5.74) is 0. The van der Waals surface area contributed by atoms with Crippen molar-refractivity contribution in [1.82, 2.24) is 0 Å². The van der Waals surface area contributed by atoms with E-state index in [0.29, 0.717) is 0 Å². The highest BCUT2D eigenvalue weighted by atomic mass is 28.4. The molecule has 1 rings (SSSR count). The Hall–Kier alpha value is 0.137. The zero-order valence-electron chi connectivity index (χ0n) is 10.2. The van der Waals surface area contributed by atoms with Gasteiger partial charge in [-0.3, -0.25) is 0 Å². The van der Waals surface area contributed by atoms with Crippen LogP contribution in [0.15, 0.2) is 0 Å². The van der Waals surface area contributed by atoms with Crippen LogP contribution in [0.2, 0.25) is 18.1 Å². The normalized spacial score (nSPS) is 25.1. The molecule has 0 N–H and O–H groups in total. The molecule has 1 heterocycles. The summed E-state index contributed by atoms with van der Waals surface area (Å²) < 4.78 is 11.8. The third-order valence-corrected chi connectivity index (χ3v) is 7.83. The van der Waals surface area contributed by atoms with E-state index >= 15 is 0 Å². The fourth-order valence-corrected chi connectivity index (χ4v) is 2.51. The lowest BCUT2D eigenvalue weighted by Crippen LogP contribution is -2.45. The second-order valence-corrected chi connectivity index (χ2v) is 10.4. The molecule has 0 aromatic carbocycles. The van der Waals surface area contributed by atoms with E-state index in [4.69, 9.17) is 9.16 Å². The van der Waals surface area contributed by atoms with Gasteiger partial charge in [-0.25, -0.2) is 0 Å². The molecule has 1 aliphatic heterocycles. The Morgan fingerprint density at radius 1 is 1.21 bits per heavy atom. The third kappa shape index (κ3) is 3.07. The highest BCUT2D eigenvalue weighted by molar-refractivity contribution is 6.74. The average molecular weight is 216 g/mol. The van der Waals surface area contributed by atoms with Gasteiger partial charge >= 0.3 is 0 Å². The maximum Gasteiger partial charge on any atom is 0.195 e. The second-order valence-electron chi connectivity index (χ2n) is 5.67. The molecule has 0 radical (unpaired) electrons. The Morgan fingerprint density at radius 2 is 1.86 bits per heavy atom. The van der Waals surface area contributed by atoms with E-state index in [9.17, 15) is 0 Å². The maximum absolute atomic E-state index is 6.16. The van der Waals surface area contributed by atoms with Crippen molar-refractivity contribution in [2.45, 2.75) is 64.5 Å². The highest BCUT2D eigenvalue weighted by Crippen LogP contribution is 2.38. The van der Waals surface area contributed by atoms with Gasteiger partial charge in [0.25, 0.3) is 0 Å². The minimum absolute atomic E-state index is 0.0737. The summed E-state index contributed by atoms with van der Waals surface area (Å²) in [4.78, 5) is 0. The van der Waals surface area contributed by atoms with Gasteiger partial charge in [0.05, 0.1) is 0 Å². The number of rotatable bonds is 2. The first kappa shape index (κ1) is 12.2. The molecule has 1 aliphatic rings. The van der Waals surface area contributed by atoms with Gasteiger partial charge < -0.3 is 9.16 Å². The summed E-state index contributed by atoms with van der Waals surface area (Å²) in [6, 6.07) is 0. The van der Waals surface area contributed by atoms with Gasteiger partial charge in [-0.1, -0.05) is 20.8 Å². The highest BCUT2D eigenvalue weighted by Gasteiger charge is 2.39. The Labute approximate surface area is 89.1 Å². The quantitative estimate of drug-likeness (QED) is 0.657. The van der Waals surface area contributed by atoms with Crippen molar-refractivity contribution < 1.29 is 9.16 Å². The van der Waals surface area contributed by atoms with E-state index in [2.05, 4.69) is 33.9 Å². The lowest BCUT2D eigenvalue weighted by atomic mass is 10.2. The lowest BCUT2D eigenvalue weighted by molar-refractivity contribution is -0.113. The third-order valence-electron chi connectivity index (χ3n) is 3.37. The minimum atomic E-state index is -1.62. The zero-order valence-corrected chi connectivity index (χ0v) is 11.2. The van der Waals surface area contributed by atoms with E-state index in [0.717, 1.165) is 13.0 Å². The van der Waals surface area contributed by atoms with Crippen LogP contribution < -0.4 is 0 Å². The van der Waals surface area contributed by atoms with Crippen LogP contribution >= 0.6 is 0 Å². The molecule has 1 saturated heterocycles. The van der Waals surface area contributed by atoms with Gasteiger partial charge in [0.1, 0.15) is 6.29 Å². The van der Waals surface area contributed by atoms with Crippen LogP contribution in [0.25, 0.3) is 0 Å². The standard InChI is InChI=1S/C11H24O2Si/c1-11(2,3)14(4,5)13-10-8-6-7-9-12-10/h10H,6-9H2,1-5H3/t10-/m1/s1. The largest absolute Gasteiger partial charge is 0.392 e. The van der Waals surface area contributed by atoms with Crippen molar-refractivity contribution in [1.29, 1.82) is 0 Å². The van der Waals surface area contributed by atoms with Crippen LogP contribution in [-0.2, 0) is 9.16 Å². The molecule has 0 unspecified atom stereocenters. The number of ether oxygens (including phenoxy) is 1. The van der Waals surface area contributed by atoms with Crippen molar-refractivity contribution in [3.63, 3.8) is 0 Å². The van der Waals surface area contributed by atoms with E-state index < -0.39 is 8.32 Å². The fourth-order valence-electron chi connectivity index (χ4n) is 1.31. The SMILES string of the molecule is CC(C)(C)[Si](C)(C)O[C@@H]1CCCCO1. The molecule has 0 spiro atoms. The van der Waals surface area contributed by atoms with E-state index in [1.54, 1.807) is 0 Å². The van der Waals surface area contributed by atoms with Gasteiger partial charge in [-0.2, -0.15) is 0 Å². The molecule has 0 aromatic rings. The molecule has 2 nitrogen and oxygen atoms in total. The van der Waals surface area contributed by atoms with Crippen molar-refractivity contribution >= 4 is 8.32 Å². The van der Waals surface area contributed by atoms with Crippen LogP contribution in [0.4, 0.5) is 0 Å². The summed E-state index contributed by atoms with van der Waals surface area (Å²) >= 11 is 0. The zero-order chi connectivity index (χ0) is 10.8. The summed E-state index contributed by atoms with van der Waals surface area (Å²) in [7, 11) is -1.62. The molecule has 0 bridgehead atoms. The van der Waals surface area contributed by atoms with Gasteiger partial charge in [0.2, 0.25) is 0 Å². The maximum atomic E-state index is 6.16. The number of hydrogen-bond acceptors (Lipinski definition) is 2. The molecule has 1 fully saturated rings. The molecule has 0 saturated carbocycles. The number of hydrogen-bond donors (Lipinski definition) is 0. The molecular weight excluding hydrogens is 192 g/mol. The Balaban J connectivity index is 2.49. The molecule has 0 aliphatic carbocycles. The minimum Gasteiger partial charge on any atom is -0.392 e. The first-order valence-electron chi connectivity index (χ1n) is 5.62. The Morgan fingerprint density at radius 3 is 2.29 bits per heavy atom. The molecule has 14 heavy (non-hydrogen) atoms. The summed E-state index contributed by atoms with van der Waals surface area (Å²) in [5, 5.41) is 0.286. The summed E-state index contributed by atoms with van der Waals surface area (Å²) in [5.74, 6) is 0. The average Bonchev–Trinajstić information content (AvgIpc) is 2.03. The molecule has 0 aromatic heterocycles. The smallest absolute Gasteiger partial charge is 0.195 e. The fraction of sp³-hybridized carbons (Fsp3) is 1.00. The van der Waals surface area contributed by atoms with E-state index in [1.807, 2.05) is 0 Å². The van der Waals surface area contributed by atoms with Crippen LogP contribution in [0.5, 0.6) is 0 Å². The van der Waals surface area contributed by atoms with Crippen LogP contribution in [0.1, 0.15) is 40.0 Å². The van der Waals surface area contributed by atoms with Gasteiger partial charge in [-0.05, 0) is 37.4 Å². The monoisotopic (exact) mass is 216 g/mol. The van der Waals surface area contributed by atoms with Crippen LogP contribution in [0, 0.1) is 0 Å². The van der Waals surface area contributed by atoms with E-state index in [1.165, 1.54) is 12.8 Å². The summed E-state index contributed by atoms with van der Waals surface area (Å²) in [6.07, 6.45) is 3.59. The first-order chi connectivity index (χ1) is 6.33. The Bertz CT molecular complexity index is 178. The van der Waals surface area contributed by atoms with Gasteiger partial charge in [0, 0.05) is 6.61 Å². The lowest BCUT2D eigenvalue weighted by Gasteiger charge is -2.39. The first-order valence-corrected chi connectivity index (χ1v) is 8.53. The van der Waals surface area contributed by atoms with Crippen molar-refractivity contribution in [3.8, 4) is 0 Å². The Kier molecular flexibility index (Phi) is 3.78. The van der Waals surface area contributed by atoms with Crippen molar-refractivity contribution in [3.05, 3.63) is 0 Å². The van der Waals surface area contributed by atoms with Gasteiger partial charge in [-0.15, -0.1) is 0 Å². The van der Waals surface area contributed by atoms with E-state index in [-0.39, 0.29) is 11.3 Å². The second kappa shape index (κ2) is 4.33. The molecular formula is C11H24O2Si. The van der Waals surface area contributed by atoms with Crippen molar-refractivity contribution in [2.24, 2.45) is 0 Å². The summed E-state index contributed by atoms with van der Waals surface area (Å²) in [6.45, 7) is 12.2. The van der Waals surface area contributed by atoms with Gasteiger partial charge in [0.15, 0.2) is 8.32 Å². The molecule has 0 amide bonds. The van der Waals surface area contributed by atoms with Crippen LogP contribution in [0.3, 0.4) is 0 Å². The predicted molar refractivity (Wildman–Crippen MR) is 61.9 cm³/mol. The van der Waals surface area contributed by atoms with Crippen molar-refractivity contribution in [2.75, 3.05) is 6.61 Å². The molecule has 1 atom stereocenters. The predicted octanol–water partition coefficient (Wildman–Crippen LogP) is 3.53. The topological polar surface area (TPSA) is 18.5 Å². The van der Waals surface area contributed by atoms with Crippen LogP contribution in [-0.4, -0.2) is 21.2 Å². The molecule has 3 heteroatoms.